The number of sulfonamides is 1. The van der Waals surface area contributed by atoms with Crippen molar-refractivity contribution in [3.05, 3.63) is 51.5 Å². The average molecular weight is 679 g/mol. The zero-order valence-electron chi connectivity index (χ0n) is 24.7. The number of halogens is 1. The first kappa shape index (κ1) is 30.6. The highest BCUT2D eigenvalue weighted by Crippen LogP contribution is 2.59. The molecule has 0 atom stereocenters. The van der Waals surface area contributed by atoms with Crippen LogP contribution in [0.3, 0.4) is 0 Å². The number of anilines is 1. The van der Waals surface area contributed by atoms with E-state index in [1.165, 1.54) is 39.0 Å². The number of ether oxygens (including phenoxy) is 3. The highest BCUT2D eigenvalue weighted by molar-refractivity contribution is 9.10. The molecule has 42 heavy (non-hydrogen) atoms. The summed E-state index contributed by atoms with van der Waals surface area (Å²) in [6.07, 6.45) is 2.59. The Morgan fingerprint density at radius 3 is 2.38 bits per heavy atom. The maximum Gasteiger partial charge on any atom is 0.274 e. The van der Waals surface area contributed by atoms with E-state index in [0.29, 0.717) is 18.8 Å². The molecule has 13 heteroatoms. The first-order chi connectivity index (χ1) is 19.8. The van der Waals surface area contributed by atoms with Crippen LogP contribution in [0.2, 0.25) is 25.7 Å². The summed E-state index contributed by atoms with van der Waals surface area (Å²) in [4.78, 5) is 12.2. The third-order valence-corrected chi connectivity index (χ3v) is 11.8. The fraction of sp³-hybridized carbons (Fsp3) is 0.448. The van der Waals surface area contributed by atoms with E-state index in [1.807, 2.05) is 12.1 Å². The molecule has 0 bridgehead atoms. The molecule has 5 rings (SSSR count). The van der Waals surface area contributed by atoms with Gasteiger partial charge in [-0.05, 0) is 55.1 Å². The fourth-order valence-electron chi connectivity index (χ4n) is 5.36. The van der Waals surface area contributed by atoms with Crippen molar-refractivity contribution < 1.29 is 31.9 Å². The Balaban J connectivity index is 1.65. The minimum Gasteiger partial charge on any atom is -0.495 e. The number of carbonyl (C=O) groups excluding carboxylic acids is 1. The summed E-state index contributed by atoms with van der Waals surface area (Å²) in [5.74, 6) is 0.243. The Morgan fingerprint density at radius 1 is 1.14 bits per heavy atom. The fourth-order valence-corrected chi connectivity index (χ4v) is 8.07. The Bertz CT molecular complexity index is 1610. The molecule has 1 aromatic heterocycles. The number of benzene rings is 2. The highest BCUT2D eigenvalue weighted by atomic mass is 79.9. The second-order valence-corrected chi connectivity index (χ2v) is 20.3. The summed E-state index contributed by atoms with van der Waals surface area (Å²) in [6, 6.07) is 9.74. The molecule has 0 aliphatic heterocycles. The second kappa shape index (κ2) is 11.3. The molecule has 2 aliphatic carbocycles. The number of aromatic nitrogens is 1. The minimum atomic E-state index is -4.40. The maximum atomic E-state index is 14.6. The second-order valence-electron chi connectivity index (χ2n) is 12.0. The number of carbonyl (C=O) groups is 1. The van der Waals surface area contributed by atoms with Crippen LogP contribution in [0.25, 0.3) is 11.3 Å². The zero-order valence-corrected chi connectivity index (χ0v) is 28.1. The van der Waals surface area contributed by atoms with Gasteiger partial charge >= 0.3 is 0 Å². The van der Waals surface area contributed by atoms with Crippen LogP contribution in [-0.4, -0.2) is 62.2 Å². The van der Waals surface area contributed by atoms with E-state index in [0.717, 1.165) is 38.8 Å². The molecule has 0 radical (unpaired) electrons. The Hall–Kier alpha value is -2.87. The molecule has 226 valence electrons. The largest absolute Gasteiger partial charge is 0.495 e. The smallest absolute Gasteiger partial charge is 0.274 e. The molecule has 1 N–H and O–H groups in total. The van der Waals surface area contributed by atoms with Crippen LogP contribution in [0.5, 0.6) is 11.5 Å². The number of nitrogens with zero attached hydrogens (tertiary/aromatic N) is 2. The molecule has 2 aliphatic rings. The minimum absolute atomic E-state index is 0.0367. The van der Waals surface area contributed by atoms with Crippen LogP contribution in [0, 0.1) is 0 Å². The van der Waals surface area contributed by atoms with E-state index in [1.54, 1.807) is 0 Å². The summed E-state index contributed by atoms with van der Waals surface area (Å²) in [7, 11) is -1.67. The van der Waals surface area contributed by atoms with Crippen molar-refractivity contribution in [3.8, 4) is 22.8 Å². The van der Waals surface area contributed by atoms with Gasteiger partial charge in [0.15, 0.2) is 16.5 Å². The van der Waals surface area contributed by atoms with E-state index in [4.69, 9.17) is 18.7 Å². The highest BCUT2D eigenvalue weighted by Gasteiger charge is 2.51. The van der Waals surface area contributed by atoms with Gasteiger partial charge in [-0.2, -0.15) is 0 Å². The summed E-state index contributed by atoms with van der Waals surface area (Å²) in [6.45, 7) is 6.80. The third-order valence-electron chi connectivity index (χ3n) is 7.87. The maximum absolute atomic E-state index is 14.6. The lowest BCUT2D eigenvalue weighted by Crippen LogP contribution is -2.36. The van der Waals surface area contributed by atoms with Gasteiger partial charge in [0.1, 0.15) is 18.2 Å². The van der Waals surface area contributed by atoms with Crippen molar-refractivity contribution in [1.29, 1.82) is 0 Å². The third kappa shape index (κ3) is 5.59. The van der Waals surface area contributed by atoms with Crippen molar-refractivity contribution in [3.63, 3.8) is 0 Å². The van der Waals surface area contributed by atoms with Gasteiger partial charge in [-0.25, -0.2) is 12.7 Å². The number of nitrogens with one attached hydrogen (secondary N) is 1. The number of hydrogen-bond acceptors (Lipinski definition) is 8. The van der Waals surface area contributed by atoms with E-state index < -0.39 is 24.0 Å². The molecule has 1 fully saturated rings. The zero-order chi connectivity index (χ0) is 30.4. The molecule has 0 saturated heterocycles. The van der Waals surface area contributed by atoms with Gasteiger partial charge in [0, 0.05) is 48.3 Å². The van der Waals surface area contributed by atoms with E-state index in [2.05, 4.69) is 52.1 Å². The lowest BCUT2D eigenvalue weighted by molar-refractivity contribution is 0.0962. The van der Waals surface area contributed by atoms with Gasteiger partial charge in [-0.15, -0.1) is 0 Å². The number of fused-ring (bicyclic) bond motifs is 4. The topological polar surface area (TPSA) is 120 Å². The van der Waals surface area contributed by atoms with E-state index >= 15 is 0 Å². The molecule has 1 spiro atoms. The normalized spacial score (nSPS) is 15.1. The van der Waals surface area contributed by atoms with Crippen molar-refractivity contribution in [2.24, 2.45) is 0 Å². The molecule has 2 aromatic carbocycles. The molecule has 3 aromatic rings. The summed E-state index contributed by atoms with van der Waals surface area (Å²) >= 11 is 3.57. The predicted octanol–water partition coefficient (Wildman–Crippen LogP) is 5.58. The van der Waals surface area contributed by atoms with Crippen molar-refractivity contribution in [2.75, 3.05) is 38.9 Å². The standard InChI is InChI=1S/C29H36BrN3O7SSi/c1-31-28(34)18-13-23(37-2)26(24(14-18)38-3)41(35,36)33(17-39-11-12-42(4,5)6)27-21-16-29(9-10-29)22-8-7-19(30)15-20(22)25(21)40-32-27/h7-8,13-15H,9-12,16-17H2,1-6H3,(H,31,34). The monoisotopic (exact) mass is 677 g/mol. The number of amides is 1. The SMILES string of the molecule is CNC(=O)c1cc(OC)c(S(=O)(=O)N(COCC[Si](C)(C)C)c2noc3c2CC2(CC2)c2ccc(Br)cc2-3)c(OC)c1. The number of hydrogen-bond donors (Lipinski definition) is 1. The quantitative estimate of drug-likeness (QED) is 0.159. The van der Waals surface area contributed by atoms with Crippen molar-refractivity contribution in [1.82, 2.24) is 10.5 Å². The lowest BCUT2D eigenvalue weighted by atomic mass is 9.79. The number of rotatable bonds is 11. The number of methoxy groups -OCH3 is 2. The van der Waals surface area contributed by atoms with Crippen molar-refractivity contribution in [2.45, 2.75) is 55.3 Å². The van der Waals surface area contributed by atoms with Gasteiger partial charge < -0.3 is 24.1 Å². The van der Waals surface area contributed by atoms with Crippen LogP contribution in [0.1, 0.15) is 34.3 Å². The van der Waals surface area contributed by atoms with Gasteiger partial charge in [0.05, 0.1) is 14.2 Å². The lowest BCUT2D eigenvalue weighted by Gasteiger charge is -2.28. The van der Waals surface area contributed by atoms with E-state index in [-0.39, 0.29) is 39.9 Å². The summed E-state index contributed by atoms with van der Waals surface area (Å²) in [5.41, 5.74) is 2.93. The predicted molar refractivity (Wildman–Crippen MR) is 166 cm³/mol. The molecule has 1 heterocycles. The summed E-state index contributed by atoms with van der Waals surface area (Å²) in [5, 5.41) is 6.89. The molecular weight excluding hydrogens is 642 g/mol. The molecule has 1 saturated carbocycles. The molecule has 1 amide bonds. The van der Waals surface area contributed by atoms with Gasteiger partial charge in [0.25, 0.3) is 15.9 Å². The van der Waals surface area contributed by atoms with Crippen LogP contribution < -0.4 is 19.1 Å². The van der Waals surface area contributed by atoms with Gasteiger partial charge in [-0.3, -0.25) is 4.79 Å². The van der Waals surface area contributed by atoms with Crippen LogP contribution in [-0.2, 0) is 26.6 Å². The Kier molecular flexibility index (Phi) is 8.24. The summed E-state index contributed by atoms with van der Waals surface area (Å²) < 4.78 is 54.2. The molecule has 10 nitrogen and oxygen atoms in total. The van der Waals surface area contributed by atoms with E-state index in [9.17, 15) is 13.2 Å². The average Bonchev–Trinajstić information content (AvgIpc) is 3.60. The first-order valence-electron chi connectivity index (χ1n) is 13.7. The molecular formula is C29H36BrN3O7SSi. The first-order valence-corrected chi connectivity index (χ1v) is 19.7. The van der Waals surface area contributed by atoms with Gasteiger partial charge in [0.2, 0.25) is 0 Å². The Morgan fingerprint density at radius 2 is 1.81 bits per heavy atom. The van der Waals surface area contributed by atoms with Crippen LogP contribution in [0.15, 0.2) is 44.2 Å². The van der Waals surface area contributed by atoms with Crippen molar-refractivity contribution >= 4 is 45.8 Å². The Labute approximate surface area is 255 Å². The van der Waals surface area contributed by atoms with Crippen LogP contribution >= 0.6 is 15.9 Å². The molecule has 0 unspecified atom stereocenters. The van der Waals surface area contributed by atoms with Crippen LogP contribution in [0.4, 0.5) is 5.82 Å². The van der Waals surface area contributed by atoms with Gasteiger partial charge in [-0.1, -0.05) is 46.8 Å².